The van der Waals surface area contributed by atoms with Gasteiger partial charge in [0.25, 0.3) is 0 Å². The third-order valence-electron chi connectivity index (χ3n) is 4.91. The summed E-state index contributed by atoms with van der Waals surface area (Å²) in [7, 11) is -3.54. The van der Waals surface area contributed by atoms with Crippen molar-refractivity contribution in [3.8, 4) is 0 Å². The van der Waals surface area contributed by atoms with Gasteiger partial charge in [-0.05, 0) is 37.1 Å². The molecule has 2 heterocycles. The second kappa shape index (κ2) is 7.07. The van der Waals surface area contributed by atoms with Crippen LogP contribution in [-0.4, -0.2) is 41.9 Å². The molecule has 3 aromatic rings. The fraction of sp³-hybridized carbons (Fsp3) is 0.350. The highest BCUT2D eigenvalue weighted by Crippen LogP contribution is 2.26. The Morgan fingerprint density at radius 3 is 2.59 bits per heavy atom. The Balaban J connectivity index is 1.74. The van der Waals surface area contributed by atoms with Gasteiger partial charge in [-0.1, -0.05) is 30.3 Å². The van der Waals surface area contributed by atoms with Crippen LogP contribution >= 0.6 is 0 Å². The van der Waals surface area contributed by atoms with Crippen molar-refractivity contribution in [3.05, 3.63) is 60.4 Å². The first-order valence-electron chi connectivity index (χ1n) is 8.99. The summed E-state index contributed by atoms with van der Waals surface area (Å²) in [6.45, 7) is 1.14. The van der Waals surface area contributed by atoms with Crippen LogP contribution in [0.3, 0.4) is 0 Å². The molecular formula is C20H22N2O4S. The minimum atomic E-state index is -3.54. The molecule has 1 aliphatic heterocycles. The predicted molar refractivity (Wildman–Crippen MR) is 102 cm³/mol. The van der Waals surface area contributed by atoms with Crippen molar-refractivity contribution in [3.63, 3.8) is 0 Å². The fourth-order valence-corrected chi connectivity index (χ4v) is 4.85. The monoisotopic (exact) mass is 386 g/mol. The number of benzene rings is 2. The lowest BCUT2D eigenvalue weighted by molar-refractivity contribution is -0.0939. The summed E-state index contributed by atoms with van der Waals surface area (Å²) >= 11 is 0. The maximum absolute atomic E-state index is 12.9. The molecule has 0 spiro atoms. The van der Waals surface area contributed by atoms with Crippen molar-refractivity contribution in [2.75, 3.05) is 13.2 Å². The van der Waals surface area contributed by atoms with E-state index in [1.165, 1.54) is 0 Å². The van der Waals surface area contributed by atoms with Gasteiger partial charge in [0.2, 0.25) is 0 Å². The average molecular weight is 386 g/mol. The summed E-state index contributed by atoms with van der Waals surface area (Å²) in [6, 6.07) is 15.9. The number of hydrogen-bond donors (Lipinski definition) is 1. The Bertz CT molecular complexity index is 1040. The number of aliphatic hydroxyl groups is 1. The van der Waals surface area contributed by atoms with E-state index in [4.69, 9.17) is 4.74 Å². The minimum Gasteiger partial charge on any atom is -0.386 e. The van der Waals surface area contributed by atoms with E-state index in [-0.39, 0.29) is 23.8 Å². The third kappa shape index (κ3) is 3.76. The Hall–Kier alpha value is -2.22. The van der Waals surface area contributed by atoms with Gasteiger partial charge in [0.05, 0.1) is 29.1 Å². The first kappa shape index (κ1) is 18.2. The number of rotatable bonds is 5. The molecule has 0 amide bonds. The molecule has 1 N–H and O–H groups in total. The summed E-state index contributed by atoms with van der Waals surface area (Å²) < 4.78 is 33.0. The molecule has 7 heteroatoms. The first-order valence-corrected chi connectivity index (χ1v) is 10.6. The molecule has 1 aromatic heterocycles. The topological polar surface area (TPSA) is 81.4 Å². The van der Waals surface area contributed by atoms with Crippen LogP contribution in [0.1, 0.15) is 18.7 Å². The van der Waals surface area contributed by atoms with Crippen molar-refractivity contribution in [2.45, 2.75) is 35.6 Å². The van der Waals surface area contributed by atoms with Gasteiger partial charge in [-0.15, -0.1) is 0 Å². The second-order valence-electron chi connectivity index (χ2n) is 7.06. The second-order valence-corrected chi connectivity index (χ2v) is 9.05. The van der Waals surface area contributed by atoms with E-state index in [1.807, 2.05) is 28.8 Å². The average Bonchev–Trinajstić information content (AvgIpc) is 2.99. The van der Waals surface area contributed by atoms with Crippen LogP contribution < -0.4 is 0 Å². The van der Waals surface area contributed by atoms with Crippen LogP contribution in [0.25, 0.3) is 11.0 Å². The Morgan fingerprint density at radius 2 is 1.85 bits per heavy atom. The number of hydrogen-bond acceptors (Lipinski definition) is 5. The van der Waals surface area contributed by atoms with Gasteiger partial charge in [-0.2, -0.15) is 0 Å². The molecule has 6 nitrogen and oxygen atoms in total. The summed E-state index contributed by atoms with van der Waals surface area (Å²) in [5.74, 6) is 0.210. The van der Waals surface area contributed by atoms with Gasteiger partial charge >= 0.3 is 0 Å². The molecule has 2 aromatic carbocycles. The maximum atomic E-state index is 12.9. The highest BCUT2D eigenvalue weighted by molar-refractivity contribution is 7.90. The van der Waals surface area contributed by atoms with Gasteiger partial charge in [0.15, 0.2) is 9.84 Å². The van der Waals surface area contributed by atoms with E-state index in [0.717, 1.165) is 17.5 Å². The standard InChI is InChI=1S/C20H22N2O4S/c23-20(11-6-12-26-15-20)14-22-18-10-5-4-9-17(18)21-19(22)13-27(24,25)16-7-2-1-3-8-16/h1-5,7-10,23H,6,11-15H2. The largest absolute Gasteiger partial charge is 0.386 e. The SMILES string of the molecule is O=S(=O)(Cc1nc2ccccc2n1CC1(O)CCCOC1)c1ccccc1. The Morgan fingerprint density at radius 1 is 1.11 bits per heavy atom. The molecule has 1 atom stereocenters. The molecule has 1 aliphatic rings. The van der Waals surface area contributed by atoms with Crippen LogP contribution in [0.5, 0.6) is 0 Å². The molecule has 1 fully saturated rings. The van der Waals surface area contributed by atoms with E-state index in [0.29, 0.717) is 18.9 Å². The van der Waals surface area contributed by atoms with E-state index >= 15 is 0 Å². The Kier molecular flexibility index (Phi) is 4.75. The quantitative estimate of drug-likeness (QED) is 0.729. The zero-order valence-corrected chi connectivity index (χ0v) is 15.7. The van der Waals surface area contributed by atoms with Gasteiger partial charge in [-0.3, -0.25) is 0 Å². The van der Waals surface area contributed by atoms with Crippen LogP contribution in [0, 0.1) is 0 Å². The summed E-state index contributed by atoms with van der Waals surface area (Å²) in [4.78, 5) is 4.82. The van der Waals surface area contributed by atoms with Crippen molar-refractivity contribution in [1.82, 2.24) is 9.55 Å². The van der Waals surface area contributed by atoms with Crippen molar-refractivity contribution >= 4 is 20.9 Å². The number of fused-ring (bicyclic) bond motifs is 1. The van der Waals surface area contributed by atoms with E-state index < -0.39 is 15.4 Å². The third-order valence-corrected chi connectivity index (χ3v) is 6.54. The molecule has 142 valence electrons. The molecular weight excluding hydrogens is 364 g/mol. The Labute approximate surface area is 158 Å². The molecule has 0 bridgehead atoms. The number of para-hydroxylation sites is 2. The highest BCUT2D eigenvalue weighted by atomic mass is 32.2. The molecule has 4 rings (SSSR count). The van der Waals surface area contributed by atoms with Crippen LogP contribution in [-0.2, 0) is 26.9 Å². The van der Waals surface area contributed by atoms with Gasteiger partial charge < -0.3 is 14.4 Å². The van der Waals surface area contributed by atoms with Crippen LogP contribution in [0.15, 0.2) is 59.5 Å². The fourth-order valence-electron chi connectivity index (χ4n) is 3.55. The molecule has 0 radical (unpaired) electrons. The van der Waals surface area contributed by atoms with Crippen molar-refractivity contribution in [1.29, 1.82) is 0 Å². The highest BCUT2D eigenvalue weighted by Gasteiger charge is 2.32. The first-order chi connectivity index (χ1) is 13.0. The number of sulfone groups is 1. The van der Waals surface area contributed by atoms with Gasteiger partial charge in [-0.25, -0.2) is 13.4 Å². The number of nitrogens with zero attached hydrogens (tertiary/aromatic N) is 2. The van der Waals surface area contributed by atoms with Crippen LogP contribution in [0.4, 0.5) is 0 Å². The lowest BCUT2D eigenvalue weighted by Gasteiger charge is -2.32. The molecule has 1 unspecified atom stereocenters. The number of ether oxygens (including phenoxy) is 1. The van der Waals surface area contributed by atoms with Crippen LogP contribution in [0.2, 0.25) is 0 Å². The summed E-state index contributed by atoms with van der Waals surface area (Å²) in [6.07, 6.45) is 1.39. The van der Waals surface area contributed by atoms with E-state index in [1.54, 1.807) is 30.3 Å². The smallest absolute Gasteiger partial charge is 0.185 e. The van der Waals surface area contributed by atoms with Gasteiger partial charge in [0.1, 0.15) is 17.2 Å². The zero-order valence-electron chi connectivity index (χ0n) is 14.9. The lowest BCUT2D eigenvalue weighted by atomic mass is 9.96. The molecule has 1 saturated heterocycles. The summed E-state index contributed by atoms with van der Waals surface area (Å²) in [5.41, 5.74) is 0.512. The zero-order chi connectivity index (χ0) is 18.9. The molecule has 27 heavy (non-hydrogen) atoms. The molecule has 0 saturated carbocycles. The number of aromatic nitrogens is 2. The van der Waals surface area contributed by atoms with Gasteiger partial charge in [0, 0.05) is 6.61 Å². The van der Waals surface area contributed by atoms with E-state index in [2.05, 4.69) is 4.98 Å². The molecule has 0 aliphatic carbocycles. The predicted octanol–water partition coefficient (Wildman–Crippen LogP) is 2.55. The number of imidazole rings is 1. The minimum absolute atomic E-state index is 0.220. The maximum Gasteiger partial charge on any atom is 0.185 e. The van der Waals surface area contributed by atoms with Crippen molar-refractivity contribution < 1.29 is 18.3 Å². The van der Waals surface area contributed by atoms with E-state index in [9.17, 15) is 13.5 Å². The lowest BCUT2D eigenvalue weighted by Crippen LogP contribution is -2.42. The summed E-state index contributed by atoms with van der Waals surface area (Å²) in [5, 5.41) is 10.9. The normalized spacial score (nSPS) is 20.8. The van der Waals surface area contributed by atoms with Crippen molar-refractivity contribution in [2.24, 2.45) is 0 Å².